The monoisotopic (exact) mass is 191 g/mol. The lowest BCUT2D eigenvalue weighted by Crippen LogP contribution is -2.33. The summed E-state index contributed by atoms with van der Waals surface area (Å²) >= 11 is 3.08. The van der Waals surface area contributed by atoms with E-state index < -0.39 is 0 Å². The van der Waals surface area contributed by atoms with Crippen molar-refractivity contribution in [2.45, 2.75) is 18.9 Å². The van der Waals surface area contributed by atoms with Gasteiger partial charge in [-0.2, -0.15) is 0 Å². The molecule has 9 heavy (non-hydrogen) atoms. The molecule has 0 unspecified atom stereocenters. The zero-order valence-corrected chi connectivity index (χ0v) is 6.73. The summed E-state index contributed by atoms with van der Waals surface area (Å²) in [5.74, 6) is 0.632. The van der Waals surface area contributed by atoms with E-state index in [1.54, 1.807) is 0 Å². The number of alkyl halides is 1. The van der Waals surface area contributed by atoms with E-state index in [-0.39, 0.29) is 11.8 Å². The van der Waals surface area contributed by atoms with Crippen molar-refractivity contribution < 1.29 is 4.79 Å². The molecule has 1 atom stereocenters. The zero-order chi connectivity index (χ0) is 6.85. The molecule has 0 aliphatic heterocycles. The largest absolute Gasteiger partial charge is 0.321 e. The lowest BCUT2D eigenvalue weighted by atomic mass is 10.1. The van der Waals surface area contributed by atoms with Crippen molar-refractivity contribution in [3.63, 3.8) is 0 Å². The van der Waals surface area contributed by atoms with Gasteiger partial charge in [0.05, 0.1) is 11.4 Å². The maximum absolute atomic E-state index is 10.8. The lowest BCUT2D eigenvalue weighted by molar-refractivity contribution is -0.118. The molecule has 0 amide bonds. The number of halogens is 1. The molecule has 0 spiro atoms. The summed E-state index contributed by atoms with van der Waals surface area (Å²) < 4.78 is 0. The van der Waals surface area contributed by atoms with Crippen molar-refractivity contribution in [3.05, 3.63) is 0 Å². The molecule has 0 aromatic heterocycles. The van der Waals surface area contributed by atoms with Gasteiger partial charge in [-0.25, -0.2) is 0 Å². The van der Waals surface area contributed by atoms with Crippen LogP contribution in [0.5, 0.6) is 0 Å². The minimum absolute atomic E-state index is 0.137. The van der Waals surface area contributed by atoms with Gasteiger partial charge in [0, 0.05) is 0 Å². The van der Waals surface area contributed by atoms with Gasteiger partial charge >= 0.3 is 0 Å². The number of hydrogen-bond acceptors (Lipinski definition) is 2. The second kappa shape index (κ2) is 2.80. The quantitative estimate of drug-likeness (QED) is 0.668. The third-order valence-corrected chi connectivity index (χ3v) is 2.19. The number of Topliss-reactive ketones (excluding diaryl/α,β-unsaturated/α-hetero) is 1. The molecular weight excluding hydrogens is 182 g/mol. The molecule has 0 saturated heterocycles. The van der Waals surface area contributed by atoms with Crippen LogP contribution in [-0.2, 0) is 4.79 Å². The zero-order valence-electron chi connectivity index (χ0n) is 5.14. The predicted octanol–water partition coefficient (Wildman–Crippen LogP) is 0.688. The highest BCUT2D eigenvalue weighted by Gasteiger charge is 2.32. The Labute approximate surface area is 62.9 Å². The average molecular weight is 192 g/mol. The fourth-order valence-corrected chi connectivity index (χ4v) is 1.18. The second-order valence-electron chi connectivity index (χ2n) is 2.46. The van der Waals surface area contributed by atoms with Crippen molar-refractivity contribution in [2.24, 2.45) is 11.7 Å². The van der Waals surface area contributed by atoms with E-state index in [0.29, 0.717) is 11.2 Å². The SMILES string of the molecule is N[C@H](C(=O)CBr)C1CC1. The summed E-state index contributed by atoms with van der Waals surface area (Å²) in [5, 5.41) is 0.407. The number of carbonyl (C=O) groups is 1. The molecule has 0 aromatic carbocycles. The van der Waals surface area contributed by atoms with E-state index in [9.17, 15) is 4.79 Å². The standard InChI is InChI=1S/C6H10BrNO/c7-3-5(9)6(8)4-1-2-4/h4,6H,1-3,8H2/t6-/m0/s1. The van der Waals surface area contributed by atoms with Gasteiger partial charge in [0.25, 0.3) is 0 Å². The molecule has 0 aromatic rings. The van der Waals surface area contributed by atoms with Crippen molar-refractivity contribution in [3.8, 4) is 0 Å². The normalized spacial score (nSPS) is 21.6. The maximum Gasteiger partial charge on any atom is 0.160 e. The van der Waals surface area contributed by atoms with E-state index in [1.807, 2.05) is 0 Å². The third kappa shape index (κ3) is 1.76. The fourth-order valence-electron chi connectivity index (χ4n) is 0.807. The van der Waals surface area contributed by atoms with Gasteiger partial charge in [-0.3, -0.25) is 4.79 Å². The van der Waals surface area contributed by atoms with Crippen molar-refractivity contribution in [2.75, 3.05) is 5.33 Å². The summed E-state index contributed by atoms with van der Waals surface area (Å²) in [5.41, 5.74) is 5.55. The average Bonchev–Trinajstić information content (AvgIpc) is 2.66. The van der Waals surface area contributed by atoms with Gasteiger partial charge in [0.1, 0.15) is 0 Å². The van der Waals surface area contributed by atoms with Gasteiger partial charge in [-0.15, -0.1) is 0 Å². The smallest absolute Gasteiger partial charge is 0.160 e. The Morgan fingerprint density at radius 2 is 2.33 bits per heavy atom. The fraction of sp³-hybridized carbons (Fsp3) is 0.833. The third-order valence-electron chi connectivity index (χ3n) is 1.63. The van der Waals surface area contributed by atoms with Crippen LogP contribution in [-0.4, -0.2) is 17.2 Å². The van der Waals surface area contributed by atoms with Crippen molar-refractivity contribution in [1.82, 2.24) is 0 Å². The summed E-state index contributed by atoms with van der Waals surface area (Å²) in [7, 11) is 0. The predicted molar refractivity (Wildman–Crippen MR) is 39.5 cm³/mol. The first-order chi connectivity index (χ1) is 4.25. The first-order valence-corrected chi connectivity index (χ1v) is 4.22. The number of carbonyl (C=O) groups excluding carboxylic acids is 1. The highest BCUT2D eigenvalue weighted by molar-refractivity contribution is 9.09. The number of rotatable bonds is 3. The van der Waals surface area contributed by atoms with Crippen LogP contribution in [0.25, 0.3) is 0 Å². The van der Waals surface area contributed by atoms with E-state index in [1.165, 1.54) is 0 Å². The molecular formula is C6H10BrNO. The molecule has 0 heterocycles. The van der Waals surface area contributed by atoms with E-state index in [4.69, 9.17) is 5.73 Å². The lowest BCUT2D eigenvalue weighted by Gasteiger charge is -2.04. The molecule has 0 radical (unpaired) electrons. The molecule has 1 rings (SSSR count). The van der Waals surface area contributed by atoms with E-state index in [2.05, 4.69) is 15.9 Å². The maximum atomic E-state index is 10.8. The number of hydrogen-bond donors (Lipinski definition) is 1. The summed E-state index contributed by atoms with van der Waals surface area (Å²) in [6.45, 7) is 0. The first-order valence-electron chi connectivity index (χ1n) is 3.10. The van der Waals surface area contributed by atoms with Gasteiger partial charge in [0.2, 0.25) is 0 Å². The molecule has 1 saturated carbocycles. The Kier molecular flexibility index (Phi) is 2.24. The van der Waals surface area contributed by atoms with Crippen LogP contribution >= 0.6 is 15.9 Å². The van der Waals surface area contributed by atoms with E-state index in [0.717, 1.165) is 12.8 Å². The van der Waals surface area contributed by atoms with Crippen LogP contribution in [0.15, 0.2) is 0 Å². The minimum atomic E-state index is -0.190. The summed E-state index contributed by atoms with van der Waals surface area (Å²) in [6, 6.07) is -0.190. The molecule has 1 aliphatic rings. The first kappa shape index (κ1) is 7.22. The van der Waals surface area contributed by atoms with Crippen LogP contribution in [0.1, 0.15) is 12.8 Å². The molecule has 2 N–H and O–H groups in total. The molecule has 0 bridgehead atoms. The highest BCUT2D eigenvalue weighted by atomic mass is 79.9. The minimum Gasteiger partial charge on any atom is -0.321 e. The van der Waals surface area contributed by atoms with Crippen molar-refractivity contribution in [1.29, 1.82) is 0 Å². The Morgan fingerprint density at radius 3 is 2.67 bits per heavy atom. The van der Waals surface area contributed by atoms with Crippen LogP contribution in [0.3, 0.4) is 0 Å². The van der Waals surface area contributed by atoms with Gasteiger partial charge in [-0.05, 0) is 18.8 Å². The van der Waals surface area contributed by atoms with Crippen LogP contribution in [0.2, 0.25) is 0 Å². The Morgan fingerprint density at radius 1 is 1.78 bits per heavy atom. The van der Waals surface area contributed by atoms with Crippen LogP contribution < -0.4 is 5.73 Å². The second-order valence-corrected chi connectivity index (χ2v) is 3.02. The van der Waals surface area contributed by atoms with Gasteiger partial charge < -0.3 is 5.73 Å². The summed E-state index contributed by atoms with van der Waals surface area (Å²) in [4.78, 5) is 10.8. The molecule has 1 aliphatic carbocycles. The summed E-state index contributed by atoms with van der Waals surface area (Å²) in [6.07, 6.45) is 2.28. The van der Waals surface area contributed by atoms with Gasteiger partial charge in [0.15, 0.2) is 5.78 Å². The van der Waals surface area contributed by atoms with E-state index >= 15 is 0 Å². The molecule has 2 nitrogen and oxygen atoms in total. The Balaban J connectivity index is 2.30. The topological polar surface area (TPSA) is 43.1 Å². The molecule has 52 valence electrons. The number of nitrogens with two attached hydrogens (primary N) is 1. The Bertz CT molecular complexity index is 122. The van der Waals surface area contributed by atoms with Gasteiger partial charge in [-0.1, -0.05) is 15.9 Å². The van der Waals surface area contributed by atoms with Crippen LogP contribution in [0.4, 0.5) is 0 Å². The molecule has 1 fully saturated rings. The Hall–Kier alpha value is 0.110. The number of ketones is 1. The van der Waals surface area contributed by atoms with Crippen LogP contribution in [0, 0.1) is 5.92 Å². The highest BCUT2D eigenvalue weighted by Crippen LogP contribution is 2.31. The van der Waals surface area contributed by atoms with Crippen molar-refractivity contribution >= 4 is 21.7 Å². The molecule has 3 heteroatoms.